The Balaban J connectivity index is 4.29. The third kappa shape index (κ3) is 16.6. The fraction of sp³-hybridized carbons (Fsp3) is 1.00. The van der Waals surface area contributed by atoms with Crippen molar-refractivity contribution >= 4 is 10.0 Å². The van der Waals surface area contributed by atoms with E-state index in [1.807, 2.05) is 4.31 Å². The zero-order valence-electron chi connectivity index (χ0n) is 18.8. The summed E-state index contributed by atoms with van der Waals surface area (Å²) in [6.07, 6.45) is 20.0. The summed E-state index contributed by atoms with van der Waals surface area (Å²) in [5.74, 6) is 0.350. The molecule has 0 aliphatic rings. The first-order valence-electron chi connectivity index (χ1n) is 12.1. The van der Waals surface area contributed by atoms with Crippen LogP contribution in [0.1, 0.15) is 130 Å². The van der Waals surface area contributed by atoms with Crippen molar-refractivity contribution in [2.24, 2.45) is 0 Å². The quantitative estimate of drug-likeness (QED) is 0.188. The summed E-state index contributed by atoms with van der Waals surface area (Å²) in [5, 5.41) is 0. The van der Waals surface area contributed by atoms with Gasteiger partial charge in [-0.05, 0) is 19.3 Å². The van der Waals surface area contributed by atoms with Gasteiger partial charge in [0.15, 0.2) is 0 Å². The molecule has 0 rings (SSSR count). The lowest BCUT2D eigenvalue weighted by atomic mass is 10.1. The predicted molar refractivity (Wildman–Crippen MR) is 121 cm³/mol. The first-order chi connectivity index (χ1) is 13.1. The minimum atomic E-state index is -3.07. The van der Waals surface area contributed by atoms with Crippen molar-refractivity contribution in [1.29, 1.82) is 0 Å². The third-order valence-corrected chi connectivity index (χ3v) is 7.38. The summed E-state index contributed by atoms with van der Waals surface area (Å²) in [4.78, 5) is 0. The van der Waals surface area contributed by atoms with Gasteiger partial charge in [-0.2, -0.15) is 0 Å². The van der Waals surface area contributed by atoms with Crippen LogP contribution in [0, 0.1) is 0 Å². The molecular weight excluding hydrogens is 354 g/mol. The molecule has 0 heterocycles. The molecule has 4 heteroatoms. The molecule has 0 atom stereocenters. The fourth-order valence-electron chi connectivity index (χ4n) is 3.54. The van der Waals surface area contributed by atoms with Crippen LogP contribution in [-0.2, 0) is 10.0 Å². The van der Waals surface area contributed by atoms with Gasteiger partial charge in [-0.25, -0.2) is 12.7 Å². The lowest BCUT2D eigenvalue weighted by Crippen LogP contribution is -2.35. The first kappa shape index (κ1) is 26.9. The summed E-state index contributed by atoms with van der Waals surface area (Å²) >= 11 is 0. The van der Waals surface area contributed by atoms with Gasteiger partial charge >= 0.3 is 0 Å². The van der Waals surface area contributed by atoms with Crippen molar-refractivity contribution in [3.8, 4) is 0 Å². The Bertz CT molecular complexity index is 379. The van der Waals surface area contributed by atoms with E-state index in [1.165, 1.54) is 83.5 Å². The van der Waals surface area contributed by atoms with Crippen molar-refractivity contribution in [3.63, 3.8) is 0 Å². The molecule has 0 radical (unpaired) electrons. The number of nitrogens with zero attached hydrogens (tertiary/aromatic N) is 1. The zero-order chi connectivity index (χ0) is 20.2. The Hall–Kier alpha value is -0.0900. The summed E-state index contributed by atoms with van der Waals surface area (Å²) in [6, 6.07) is 0. The lowest BCUT2D eigenvalue weighted by Gasteiger charge is -2.22. The molecule has 0 aromatic rings. The molecule has 0 unspecified atom stereocenters. The highest BCUT2D eigenvalue weighted by molar-refractivity contribution is 7.89. The van der Waals surface area contributed by atoms with Gasteiger partial charge in [0, 0.05) is 13.1 Å². The SMILES string of the molecule is CCCCCCCCN(CCCCCCCC)S(=O)(=O)CCCCCCC. The lowest BCUT2D eigenvalue weighted by molar-refractivity contribution is 0.382. The molecular formula is C23H49NO2S. The van der Waals surface area contributed by atoms with Crippen molar-refractivity contribution in [3.05, 3.63) is 0 Å². The highest BCUT2D eigenvalue weighted by Gasteiger charge is 2.20. The van der Waals surface area contributed by atoms with E-state index in [2.05, 4.69) is 20.8 Å². The van der Waals surface area contributed by atoms with Gasteiger partial charge in [-0.1, -0.05) is 111 Å². The van der Waals surface area contributed by atoms with Crippen LogP contribution in [0.15, 0.2) is 0 Å². The van der Waals surface area contributed by atoms with Crippen LogP contribution < -0.4 is 0 Å². The van der Waals surface area contributed by atoms with Crippen LogP contribution >= 0.6 is 0 Å². The maximum atomic E-state index is 12.8. The molecule has 0 aliphatic heterocycles. The molecule has 0 aromatic heterocycles. The molecule has 0 fully saturated rings. The van der Waals surface area contributed by atoms with E-state index in [9.17, 15) is 8.42 Å². The van der Waals surface area contributed by atoms with Gasteiger partial charge in [0.25, 0.3) is 0 Å². The van der Waals surface area contributed by atoms with Crippen LogP contribution in [0.3, 0.4) is 0 Å². The van der Waals surface area contributed by atoms with Crippen LogP contribution in [0.5, 0.6) is 0 Å². The minimum Gasteiger partial charge on any atom is -0.212 e. The minimum absolute atomic E-state index is 0.350. The zero-order valence-corrected chi connectivity index (χ0v) is 19.6. The molecule has 27 heavy (non-hydrogen) atoms. The molecule has 0 bridgehead atoms. The van der Waals surface area contributed by atoms with Gasteiger partial charge in [-0.15, -0.1) is 0 Å². The topological polar surface area (TPSA) is 37.4 Å². The van der Waals surface area contributed by atoms with E-state index in [0.717, 1.165) is 38.8 Å². The van der Waals surface area contributed by atoms with Gasteiger partial charge in [-0.3, -0.25) is 0 Å². The molecule has 0 N–H and O–H groups in total. The van der Waals surface area contributed by atoms with Gasteiger partial charge in [0.1, 0.15) is 0 Å². The smallest absolute Gasteiger partial charge is 0.212 e. The van der Waals surface area contributed by atoms with E-state index in [-0.39, 0.29) is 0 Å². The standard InChI is InChI=1S/C23H49NO2S/c1-4-7-10-13-15-18-21-24(22-19-16-14-11-8-5-2)27(25,26)23-20-17-12-9-6-3/h4-23H2,1-3H3. The molecule has 0 aromatic carbocycles. The molecule has 164 valence electrons. The molecule has 0 saturated carbocycles. The second-order valence-corrected chi connectivity index (χ2v) is 10.3. The van der Waals surface area contributed by atoms with E-state index in [0.29, 0.717) is 5.75 Å². The number of hydrogen-bond donors (Lipinski definition) is 0. The van der Waals surface area contributed by atoms with E-state index in [1.54, 1.807) is 0 Å². The van der Waals surface area contributed by atoms with Gasteiger partial charge in [0.05, 0.1) is 5.75 Å². The Kier molecular flexibility index (Phi) is 19.2. The van der Waals surface area contributed by atoms with Crippen molar-refractivity contribution < 1.29 is 8.42 Å². The summed E-state index contributed by atoms with van der Waals surface area (Å²) in [7, 11) is -3.07. The summed E-state index contributed by atoms with van der Waals surface area (Å²) < 4.78 is 27.5. The molecule has 0 saturated heterocycles. The van der Waals surface area contributed by atoms with Crippen LogP contribution in [0.2, 0.25) is 0 Å². The highest BCUT2D eigenvalue weighted by atomic mass is 32.2. The Morgan fingerprint density at radius 2 is 0.815 bits per heavy atom. The van der Waals surface area contributed by atoms with E-state index in [4.69, 9.17) is 0 Å². The normalized spacial score (nSPS) is 12.1. The molecule has 0 spiro atoms. The predicted octanol–water partition coefficient (Wildman–Crippen LogP) is 7.31. The summed E-state index contributed by atoms with van der Waals surface area (Å²) in [6.45, 7) is 8.13. The average molecular weight is 404 g/mol. The summed E-state index contributed by atoms with van der Waals surface area (Å²) in [5.41, 5.74) is 0. The third-order valence-electron chi connectivity index (χ3n) is 5.42. The van der Waals surface area contributed by atoms with Crippen molar-refractivity contribution in [1.82, 2.24) is 4.31 Å². The Morgan fingerprint density at radius 1 is 0.481 bits per heavy atom. The van der Waals surface area contributed by atoms with Crippen molar-refractivity contribution in [2.45, 2.75) is 130 Å². The van der Waals surface area contributed by atoms with Gasteiger partial charge < -0.3 is 0 Å². The van der Waals surface area contributed by atoms with Crippen molar-refractivity contribution in [2.75, 3.05) is 18.8 Å². The maximum Gasteiger partial charge on any atom is 0.214 e. The largest absolute Gasteiger partial charge is 0.214 e. The van der Waals surface area contributed by atoms with E-state index >= 15 is 0 Å². The second kappa shape index (κ2) is 19.2. The second-order valence-electron chi connectivity index (χ2n) is 8.16. The average Bonchev–Trinajstić information content (AvgIpc) is 2.65. The van der Waals surface area contributed by atoms with Crippen LogP contribution in [0.25, 0.3) is 0 Å². The first-order valence-corrected chi connectivity index (χ1v) is 13.7. The number of sulfonamides is 1. The Morgan fingerprint density at radius 3 is 1.22 bits per heavy atom. The molecule has 0 amide bonds. The number of hydrogen-bond acceptors (Lipinski definition) is 2. The van der Waals surface area contributed by atoms with E-state index < -0.39 is 10.0 Å². The van der Waals surface area contributed by atoms with Crippen LogP contribution in [0.4, 0.5) is 0 Å². The van der Waals surface area contributed by atoms with Gasteiger partial charge in [0.2, 0.25) is 10.0 Å². The fourth-order valence-corrected chi connectivity index (χ4v) is 5.19. The monoisotopic (exact) mass is 403 g/mol. The maximum absolute atomic E-state index is 12.8. The number of unbranched alkanes of at least 4 members (excludes halogenated alkanes) is 14. The van der Waals surface area contributed by atoms with Crippen LogP contribution in [-0.4, -0.2) is 31.6 Å². The highest BCUT2D eigenvalue weighted by Crippen LogP contribution is 2.14. The Labute approximate surface area is 171 Å². The molecule has 3 nitrogen and oxygen atoms in total. The molecule has 0 aliphatic carbocycles. The number of rotatable bonds is 21.